The SMILES string of the molecule is COc1ccc(CCNC(=O)CNc2ccc(C)cc2Br)cc1OC. The smallest absolute Gasteiger partial charge is 0.239 e. The number of rotatable bonds is 8. The van der Waals surface area contributed by atoms with Crippen molar-refractivity contribution in [1.82, 2.24) is 5.32 Å². The lowest BCUT2D eigenvalue weighted by molar-refractivity contribution is -0.119. The van der Waals surface area contributed by atoms with Crippen LogP contribution in [-0.2, 0) is 11.2 Å². The monoisotopic (exact) mass is 406 g/mol. The number of amides is 1. The summed E-state index contributed by atoms with van der Waals surface area (Å²) in [6.45, 7) is 2.81. The van der Waals surface area contributed by atoms with E-state index in [-0.39, 0.29) is 12.5 Å². The van der Waals surface area contributed by atoms with Gasteiger partial charge >= 0.3 is 0 Å². The number of nitrogens with one attached hydrogen (secondary N) is 2. The zero-order valence-electron chi connectivity index (χ0n) is 14.7. The van der Waals surface area contributed by atoms with Crippen LogP contribution in [0.5, 0.6) is 11.5 Å². The summed E-state index contributed by atoms with van der Waals surface area (Å²) in [5.41, 5.74) is 3.14. The van der Waals surface area contributed by atoms with Crippen LogP contribution in [0, 0.1) is 6.92 Å². The first-order chi connectivity index (χ1) is 12.0. The molecule has 1 amide bonds. The van der Waals surface area contributed by atoms with Crippen LogP contribution in [0.4, 0.5) is 5.69 Å². The number of carbonyl (C=O) groups excluding carboxylic acids is 1. The lowest BCUT2D eigenvalue weighted by Gasteiger charge is -2.11. The molecule has 2 aromatic rings. The van der Waals surface area contributed by atoms with Gasteiger partial charge in [0.1, 0.15) is 0 Å². The molecule has 134 valence electrons. The van der Waals surface area contributed by atoms with Gasteiger partial charge in [-0.1, -0.05) is 12.1 Å². The molecule has 0 aliphatic rings. The van der Waals surface area contributed by atoms with Crippen molar-refractivity contribution >= 4 is 27.5 Å². The number of carbonyl (C=O) groups is 1. The zero-order chi connectivity index (χ0) is 18.2. The highest BCUT2D eigenvalue weighted by molar-refractivity contribution is 9.10. The third-order valence-corrected chi connectivity index (χ3v) is 4.40. The number of halogens is 1. The molecule has 2 N–H and O–H groups in total. The van der Waals surface area contributed by atoms with Crippen molar-refractivity contribution in [1.29, 1.82) is 0 Å². The van der Waals surface area contributed by atoms with Crippen LogP contribution in [0.1, 0.15) is 11.1 Å². The van der Waals surface area contributed by atoms with E-state index in [1.54, 1.807) is 14.2 Å². The fourth-order valence-corrected chi connectivity index (χ4v) is 3.02. The van der Waals surface area contributed by atoms with Gasteiger partial charge < -0.3 is 20.1 Å². The van der Waals surface area contributed by atoms with Crippen molar-refractivity contribution in [3.8, 4) is 11.5 Å². The summed E-state index contributed by atoms with van der Waals surface area (Å²) in [5.74, 6) is 1.34. The van der Waals surface area contributed by atoms with Crippen LogP contribution >= 0.6 is 15.9 Å². The first-order valence-electron chi connectivity index (χ1n) is 8.01. The average Bonchev–Trinajstić information content (AvgIpc) is 2.60. The van der Waals surface area contributed by atoms with Crippen LogP contribution in [0.15, 0.2) is 40.9 Å². The molecule has 0 radical (unpaired) electrons. The first kappa shape index (κ1) is 19.1. The summed E-state index contributed by atoms with van der Waals surface area (Å²) in [4.78, 5) is 12.0. The van der Waals surface area contributed by atoms with Crippen molar-refractivity contribution in [2.45, 2.75) is 13.3 Å². The molecule has 0 aliphatic heterocycles. The maximum absolute atomic E-state index is 12.0. The van der Waals surface area contributed by atoms with E-state index in [2.05, 4.69) is 26.6 Å². The van der Waals surface area contributed by atoms with Gasteiger partial charge in [-0.3, -0.25) is 4.79 Å². The molecule has 0 aromatic heterocycles. The molecule has 0 heterocycles. The van der Waals surface area contributed by atoms with Gasteiger partial charge in [-0.25, -0.2) is 0 Å². The number of hydrogen-bond acceptors (Lipinski definition) is 4. The second-order valence-electron chi connectivity index (χ2n) is 5.63. The third kappa shape index (κ3) is 5.67. The standard InChI is InChI=1S/C19H23BrN2O3/c1-13-4-6-16(15(20)10-13)22-12-19(23)21-9-8-14-5-7-17(24-2)18(11-14)25-3/h4-7,10-11,22H,8-9,12H2,1-3H3,(H,21,23). The molecular formula is C19H23BrN2O3. The van der Waals surface area contributed by atoms with E-state index < -0.39 is 0 Å². The van der Waals surface area contributed by atoms with Gasteiger partial charge in [0.15, 0.2) is 11.5 Å². The summed E-state index contributed by atoms with van der Waals surface area (Å²) in [6.07, 6.45) is 0.723. The molecule has 0 fully saturated rings. The predicted molar refractivity (Wildman–Crippen MR) is 104 cm³/mol. The number of hydrogen-bond donors (Lipinski definition) is 2. The molecule has 6 heteroatoms. The van der Waals surface area contributed by atoms with Crippen molar-refractivity contribution < 1.29 is 14.3 Å². The molecule has 0 bridgehead atoms. The minimum Gasteiger partial charge on any atom is -0.493 e. The zero-order valence-corrected chi connectivity index (χ0v) is 16.3. The minimum atomic E-state index is -0.0482. The molecule has 25 heavy (non-hydrogen) atoms. The van der Waals surface area contributed by atoms with Gasteiger partial charge in [-0.05, 0) is 64.7 Å². The maximum Gasteiger partial charge on any atom is 0.239 e. The van der Waals surface area contributed by atoms with Crippen LogP contribution in [0.2, 0.25) is 0 Å². The van der Waals surface area contributed by atoms with Crippen LogP contribution in [-0.4, -0.2) is 33.2 Å². The molecule has 5 nitrogen and oxygen atoms in total. The molecule has 0 aliphatic carbocycles. The maximum atomic E-state index is 12.0. The van der Waals surface area contributed by atoms with E-state index in [0.29, 0.717) is 18.0 Å². The van der Waals surface area contributed by atoms with E-state index in [9.17, 15) is 4.79 Å². The molecule has 2 rings (SSSR count). The highest BCUT2D eigenvalue weighted by atomic mass is 79.9. The summed E-state index contributed by atoms with van der Waals surface area (Å²) >= 11 is 3.49. The molecule has 0 atom stereocenters. The van der Waals surface area contributed by atoms with E-state index >= 15 is 0 Å². The third-order valence-electron chi connectivity index (χ3n) is 3.75. The van der Waals surface area contributed by atoms with E-state index in [1.807, 2.05) is 43.3 Å². The lowest BCUT2D eigenvalue weighted by Crippen LogP contribution is -2.31. The number of ether oxygens (including phenoxy) is 2. The Morgan fingerprint density at radius 2 is 1.84 bits per heavy atom. The summed E-state index contributed by atoms with van der Waals surface area (Å²) in [5, 5.41) is 6.04. The van der Waals surface area contributed by atoms with Gasteiger partial charge in [-0.15, -0.1) is 0 Å². The first-order valence-corrected chi connectivity index (χ1v) is 8.80. The van der Waals surface area contributed by atoms with Crippen LogP contribution in [0.3, 0.4) is 0 Å². The molecule has 0 unspecified atom stereocenters. The quantitative estimate of drug-likeness (QED) is 0.703. The average molecular weight is 407 g/mol. The second kappa shape index (κ2) is 9.32. The normalized spacial score (nSPS) is 10.2. The van der Waals surface area contributed by atoms with Crippen molar-refractivity contribution in [2.75, 3.05) is 32.6 Å². The van der Waals surface area contributed by atoms with Crippen molar-refractivity contribution in [3.63, 3.8) is 0 Å². The van der Waals surface area contributed by atoms with Gasteiger partial charge in [0.05, 0.1) is 20.8 Å². The Kier molecular flexibility index (Phi) is 7.13. The van der Waals surface area contributed by atoms with Gasteiger partial charge in [0, 0.05) is 16.7 Å². The molecule has 0 saturated carbocycles. The fraction of sp³-hybridized carbons (Fsp3) is 0.316. The Morgan fingerprint density at radius 1 is 1.08 bits per heavy atom. The Bertz CT molecular complexity index is 735. The largest absolute Gasteiger partial charge is 0.493 e. The molecule has 0 spiro atoms. The van der Waals surface area contributed by atoms with Crippen LogP contribution < -0.4 is 20.1 Å². The van der Waals surface area contributed by atoms with Crippen molar-refractivity contribution in [3.05, 3.63) is 52.0 Å². The Labute approximate surface area is 156 Å². The molecule has 2 aromatic carbocycles. The van der Waals surface area contributed by atoms with Gasteiger partial charge in [0.25, 0.3) is 0 Å². The van der Waals surface area contributed by atoms with E-state index in [0.717, 1.165) is 27.7 Å². The van der Waals surface area contributed by atoms with Gasteiger partial charge in [-0.2, -0.15) is 0 Å². The van der Waals surface area contributed by atoms with E-state index in [4.69, 9.17) is 9.47 Å². The van der Waals surface area contributed by atoms with Gasteiger partial charge in [0.2, 0.25) is 5.91 Å². The predicted octanol–water partition coefficient (Wildman–Crippen LogP) is 3.55. The fourth-order valence-electron chi connectivity index (χ4n) is 2.38. The molecular weight excluding hydrogens is 384 g/mol. The van der Waals surface area contributed by atoms with Crippen LogP contribution in [0.25, 0.3) is 0 Å². The molecule has 0 saturated heterocycles. The summed E-state index contributed by atoms with van der Waals surface area (Å²) < 4.78 is 11.5. The number of methoxy groups -OCH3 is 2. The highest BCUT2D eigenvalue weighted by Crippen LogP contribution is 2.27. The minimum absolute atomic E-state index is 0.0482. The number of aryl methyl sites for hydroxylation is 1. The lowest BCUT2D eigenvalue weighted by atomic mass is 10.1. The Morgan fingerprint density at radius 3 is 2.52 bits per heavy atom. The second-order valence-corrected chi connectivity index (χ2v) is 6.48. The highest BCUT2D eigenvalue weighted by Gasteiger charge is 2.06. The number of benzene rings is 2. The summed E-state index contributed by atoms with van der Waals surface area (Å²) in [7, 11) is 3.22. The summed E-state index contributed by atoms with van der Waals surface area (Å²) in [6, 6.07) is 11.7. The Balaban J connectivity index is 1.78. The number of anilines is 1. The topological polar surface area (TPSA) is 59.6 Å². The Hall–Kier alpha value is -2.21. The van der Waals surface area contributed by atoms with Crippen molar-refractivity contribution in [2.24, 2.45) is 0 Å². The van der Waals surface area contributed by atoms with E-state index in [1.165, 1.54) is 0 Å².